The van der Waals surface area contributed by atoms with Gasteiger partial charge in [0.25, 0.3) is 0 Å². The van der Waals surface area contributed by atoms with Crippen LogP contribution in [0.1, 0.15) is 33.6 Å². The van der Waals surface area contributed by atoms with Crippen molar-refractivity contribution in [2.75, 3.05) is 51.3 Å². The second-order valence-corrected chi connectivity index (χ2v) is 12.7. The predicted molar refractivity (Wildman–Crippen MR) is 166 cm³/mol. The topological polar surface area (TPSA) is 83.9 Å². The Morgan fingerprint density at radius 2 is 1.84 bits per heavy atom. The van der Waals surface area contributed by atoms with Gasteiger partial charge in [-0.3, -0.25) is 4.98 Å². The molecule has 0 bridgehead atoms. The van der Waals surface area contributed by atoms with Gasteiger partial charge in [-0.2, -0.15) is 9.97 Å². The van der Waals surface area contributed by atoms with Crippen LogP contribution in [0, 0.1) is 11.6 Å². The summed E-state index contributed by atoms with van der Waals surface area (Å²) in [5.74, 6) is -0.821. The quantitative estimate of drug-likeness (QED) is 0.256. The highest BCUT2D eigenvalue weighted by Crippen LogP contribution is 2.38. The van der Waals surface area contributed by atoms with Crippen molar-refractivity contribution >= 4 is 45.2 Å². The molecule has 12 heteroatoms. The molecule has 0 saturated carbocycles. The summed E-state index contributed by atoms with van der Waals surface area (Å²) < 4.78 is 42.6. The molecule has 4 heterocycles. The van der Waals surface area contributed by atoms with Gasteiger partial charge in [0.2, 0.25) is 0 Å². The van der Waals surface area contributed by atoms with Crippen LogP contribution < -0.4 is 9.64 Å². The van der Waals surface area contributed by atoms with Crippen LogP contribution in [0.5, 0.6) is 6.01 Å². The lowest BCUT2D eigenvalue weighted by Gasteiger charge is -2.36. The third-order valence-corrected chi connectivity index (χ3v) is 8.51. The number of ether oxygens (including phenoxy) is 2. The summed E-state index contributed by atoms with van der Waals surface area (Å²) in [6, 6.07) is 8.34. The summed E-state index contributed by atoms with van der Waals surface area (Å²) in [6.07, 6.45) is 3.22. The van der Waals surface area contributed by atoms with Crippen LogP contribution in [0.4, 0.5) is 19.4 Å². The number of halogens is 3. The molecule has 0 unspecified atom stereocenters. The van der Waals surface area contributed by atoms with Crippen molar-refractivity contribution in [3.63, 3.8) is 0 Å². The second kappa shape index (κ2) is 11.9. The number of carbonyl (C=O) groups excluding carboxylic acids is 1. The Bertz CT molecular complexity index is 1720. The highest BCUT2D eigenvalue weighted by atomic mass is 35.5. The summed E-state index contributed by atoms with van der Waals surface area (Å²) in [6.45, 7) is 8.53. The van der Waals surface area contributed by atoms with E-state index >= 15 is 4.39 Å². The van der Waals surface area contributed by atoms with Crippen molar-refractivity contribution in [3.8, 4) is 17.3 Å². The fourth-order valence-corrected chi connectivity index (χ4v) is 6.08. The first kappa shape index (κ1) is 30.2. The molecule has 0 N–H and O–H groups in total. The first-order chi connectivity index (χ1) is 21.0. The average Bonchev–Trinajstić information content (AvgIpc) is 3.41. The molecule has 44 heavy (non-hydrogen) atoms. The van der Waals surface area contributed by atoms with Crippen molar-refractivity contribution in [1.82, 2.24) is 24.8 Å². The van der Waals surface area contributed by atoms with Gasteiger partial charge >= 0.3 is 12.1 Å². The number of likely N-dealkylation sites (N-methyl/N-ethyl adjacent to an activating group) is 1. The van der Waals surface area contributed by atoms with Crippen molar-refractivity contribution in [2.24, 2.45) is 0 Å². The molecule has 2 aromatic carbocycles. The maximum atomic E-state index is 16.5. The number of benzene rings is 2. The van der Waals surface area contributed by atoms with Gasteiger partial charge in [-0.1, -0.05) is 35.9 Å². The number of aromatic nitrogens is 3. The molecule has 6 rings (SSSR count). The lowest BCUT2D eigenvalue weighted by atomic mass is 10.0. The Kier molecular flexibility index (Phi) is 8.19. The Labute approximate surface area is 259 Å². The number of carbonyl (C=O) groups is 1. The number of anilines is 1. The molecule has 0 radical (unpaired) electrons. The normalized spacial score (nSPS) is 17.9. The lowest BCUT2D eigenvalue weighted by molar-refractivity contribution is 0.0240. The zero-order valence-electron chi connectivity index (χ0n) is 25.2. The molecule has 0 aliphatic carbocycles. The van der Waals surface area contributed by atoms with Crippen LogP contribution in [0.25, 0.3) is 32.9 Å². The monoisotopic (exact) mass is 624 g/mol. The number of nitrogens with zero attached hydrogens (tertiary/aromatic N) is 6. The fraction of sp³-hybridized carbons (Fsp3) is 0.438. The molecule has 2 aliphatic rings. The number of fused-ring (bicyclic) bond motifs is 2. The van der Waals surface area contributed by atoms with E-state index in [0.29, 0.717) is 60.3 Å². The van der Waals surface area contributed by atoms with E-state index in [-0.39, 0.29) is 34.4 Å². The van der Waals surface area contributed by atoms with Crippen LogP contribution in [0.2, 0.25) is 5.02 Å². The standard InChI is InChI=1S/C32H35ClF2N6O3/c1-32(2,3)44-31(42)41-15-13-40(14-16-41)29-22-17-36-27(21-9-5-7-19-10-11-23(34)25(33)24(19)21)26(35)28(22)37-30(38-29)43-18-20-8-6-12-39(20)4/h5,7,9-11,17,20H,6,8,12-16,18H2,1-4H3/t20-/m0/s1. The Morgan fingerprint density at radius 3 is 2.55 bits per heavy atom. The van der Waals surface area contributed by atoms with Gasteiger partial charge in [-0.05, 0) is 58.7 Å². The molecule has 1 atom stereocenters. The number of rotatable bonds is 5. The van der Waals surface area contributed by atoms with E-state index in [1.54, 1.807) is 29.2 Å². The number of hydrogen-bond donors (Lipinski definition) is 0. The molecule has 2 fully saturated rings. The van der Waals surface area contributed by atoms with Gasteiger partial charge < -0.3 is 24.2 Å². The van der Waals surface area contributed by atoms with Crippen molar-refractivity contribution in [2.45, 2.75) is 45.3 Å². The number of hydrogen-bond acceptors (Lipinski definition) is 8. The van der Waals surface area contributed by atoms with Gasteiger partial charge in [-0.15, -0.1) is 0 Å². The largest absolute Gasteiger partial charge is 0.462 e. The van der Waals surface area contributed by atoms with Crippen LogP contribution in [-0.2, 0) is 4.74 Å². The van der Waals surface area contributed by atoms with E-state index in [2.05, 4.69) is 14.9 Å². The van der Waals surface area contributed by atoms with E-state index in [1.165, 1.54) is 12.3 Å². The molecule has 2 aromatic heterocycles. The van der Waals surface area contributed by atoms with Crippen molar-refractivity contribution in [3.05, 3.63) is 53.2 Å². The summed E-state index contributed by atoms with van der Waals surface area (Å²) in [5, 5.41) is 1.33. The first-order valence-electron chi connectivity index (χ1n) is 14.8. The van der Waals surface area contributed by atoms with Crippen LogP contribution in [0.3, 0.4) is 0 Å². The van der Waals surface area contributed by atoms with Gasteiger partial charge in [-0.25, -0.2) is 13.6 Å². The summed E-state index contributed by atoms with van der Waals surface area (Å²) in [4.78, 5) is 32.2. The number of piperazine rings is 1. The molecule has 0 spiro atoms. The van der Waals surface area contributed by atoms with Crippen LogP contribution in [-0.4, -0.2) is 88.9 Å². The van der Waals surface area contributed by atoms with E-state index in [0.717, 1.165) is 19.4 Å². The van der Waals surface area contributed by atoms with E-state index in [9.17, 15) is 9.18 Å². The smallest absolute Gasteiger partial charge is 0.410 e. The Morgan fingerprint density at radius 1 is 1.07 bits per heavy atom. The van der Waals surface area contributed by atoms with E-state index < -0.39 is 17.2 Å². The summed E-state index contributed by atoms with van der Waals surface area (Å²) in [5.41, 5.74) is -0.213. The maximum absolute atomic E-state index is 16.5. The molecule has 2 saturated heterocycles. The van der Waals surface area contributed by atoms with E-state index in [4.69, 9.17) is 26.1 Å². The number of amides is 1. The molecular weight excluding hydrogens is 590 g/mol. The number of pyridine rings is 1. The third kappa shape index (κ3) is 5.95. The molecule has 232 valence electrons. The Hall–Kier alpha value is -3.83. The van der Waals surface area contributed by atoms with Crippen molar-refractivity contribution in [1.29, 1.82) is 0 Å². The minimum atomic E-state index is -0.686. The van der Waals surface area contributed by atoms with Crippen LogP contribution in [0.15, 0.2) is 36.5 Å². The highest BCUT2D eigenvalue weighted by Gasteiger charge is 2.29. The second-order valence-electron chi connectivity index (χ2n) is 12.3. The average molecular weight is 625 g/mol. The SMILES string of the molecule is CN1CCC[C@H]1COc1nc(N2CCN(C(=O)OC(C)(C)C)CC2)c2cnc(-c3cccc4ccc(F)c(Cl)c34)c(F)c2n1. The Balaban J connectivity index is 1.39. The highest BCUT2D eigenvalue weighted by molar-refractivity contribution is 6.36. The zero-order chi connectivity index (χ0) is 31.2. The van der Waals surface area contributed by atoms with Crippen LogP contribution >= 0.6 is 11.6 Å². The number of likely N-dealkylation sites (tertiary alicyclic amines) is 1. The van der Waals surface area contributed by atoms with Crippen molar-refractivity contribution < 1.29 is 23.0 Å². The molecule has 1 amide bonds. The first-order valence-corrected chi connectivity index (χ1v) is 15.2. The summed E-state index contributed by atoms with van der Waals surface area (Å²) in [7, 11) is 2.05. The third-order valence-electron chi connectivity index (χ3n) is 8.14. The predicted octanol–water partition coefficient (Wildman–Crippen LogP) is 6.31. The molecule has 4 aromatic rings. The fourth-order valence-electron chi connectivity index (χ4n) is 5.81. The van der Waals surface area contributed by atoms with Gasteiger partial charge in [0.15, 0.2) is 5.82 Å². The minimum Gasteiger partial charge on any atom is -0.462 e. The lowest BCUT2D eigenvalue weighted by Crippen LogP contribution is -2.50. The van der Waals surface area contributed by atoms with Gasteiger partial charge in [0.05, 0.1) is 10.4 Å². The van der Waals surface area contributed by atoms with Gasteiger partial charge in [0, 0.05) is 49.4 Å². The molecule has 9 nitrogen and oxygen atoms in total. The molecule has 2 aliphatic heterocycles. The minimum absolute atomic E-state index is 0.00327. The van der Waals surface area contributed by atoms with E-state index in [1.807, 2.05) is 32.7 Å². The zero-order valence-corrected chi connectivity index (χ0v) is 26.0. The van der Waals surface area contributed by atoms with Gasteiger partial charge in [0.1, 0.15) is 35.1 Å². The maximum Gasteiger partial charge on any atom is 0.410 e. The summed E-state index contributed by atoms with van der Waals surface area (Å²) >= 11 is 6.37. The molecular formula is C32H35ClF2N6O3.